The summed E-state index contributed by atoms with van der Waals surface area (Å²) in [7, 11) is 0. The number of ether oxygens (including phenoxy) is 4. The van der Waals surface area contributed by atoms with Crippen LogP contribution >= 0.6 is 0 Å². The highest BCUT2D eigenvalue weighted by Gasteiger charge is 2.44. The molecule has 0 amide bonds. The third kappa shape index (κ3) is 5.92. The molecule has 0 spiro atoms. The molecule has 2 rings (SSSR count). The fourth-order valence-electron chi connectivity index (χ4n) is 2.70. The van der Waals surface area contributed by atoms with Crippen LogP contribution in [-0.4, -0.2) is 127 Å². The van der Waals surface area contributed by atoms with Gasteiger partial charge in [-0.05, 0) is 0 Å². The van der Waals surface area contributed by atoms with Crippen molar-refractivity contribution in [1.29, 1.82) is 0 Å². The highest BCUT2D eigenvalue weighted by Crippen LogP contribution is 2.21. The Hall–Kier alpha value is -1.72. The molecule has 0 bridgehead atoms. The van der Waals surface area contributed by atoms with Crippen LogP contribution in [0.4, 0.5) is 0 Å². The second-order valence-electron chi connectivity index (χ2n) is 6.67. The average Bonchev–Trinajstić information content (AvgIpc) is 2.72. The second kappa shape index (κ2) is 10.5. The SMILES string of the molecule is O=C(/C=C/C(=O)OCC1O[C@H](O)[C@H](O)[C@@H](O)[C@@H]1O)OCC1O[C@H](O)[C@H](O)[C@@H](O)[C@@H]1O. The van der Waals surface area contributed by atoms with Crippen LogP contribution in [0.25, 0.3) is 0 Å². The first-order chi connectivity index (χ1) is 14.0. The van der Waals surface area contributed by atoms with Gasteiger partial charge in [-0.15, -0.1) is 0 Å². The predicted octanol–water partition coefficient (Wildman–Crippen LogP) is -5.77. The molecule has 0 radical (unpaired) electrons. The van der Waals surface area contributed by atoms with E-state index in [0.29, 0.717) is 12.2 Å². The number of aliphatic hydroxyl groups excluding tert-OH is 8. The molecular formula is C16H24O14. The van der Waals surface area contributed by atoms with Gasteiger partial charge in [0.1, 0.15) is 62.0 Å². The summed E-state index contributed by atoms with van der Waals surface area (Å²) in [5, 5.41) is 75.9. The first-order valence-electron chi connectivity index (χ1n) is 8.80. The van der Waals surface area contributed by atoms with E-state index in [1.165, 1.54) is 0 Å². The van der Waals surface area contributed by atoms with E-state index in [9.17, 15) is 50.4 Å². The Morgan fingerprint density at radius 1 is 0.600 bits per heavy atom. The number of hydrogen-bond acceptors (Lipinski definition) is 14. The minimum absolute atomic E-state index is 0.611. The lowest BCUT2D eigenvalue weighted by Gasteiger charge is -2.37. The molecule has 2 heterocycles. The van der Waals surface area contributed by atoms with Crippen LogP contribution in [-0.2, 0) is 28.5 Å². The number of aliphatic hydroxyl groups is 8. The smallest absolute Gasteiger partial charge is 0.331 e. The van der Waals surface area contributed by atoms with Gasteiger partial charge in [0.15, 0.2) is 12.6 Å². The van der Waals surface area contributed by atoms with Gasteiger partial charge in [-0.1, -0.05) is 0 Å². The van der Waals surface area contributed by atoms with E-state index in [0.717, 1.165) is 0 Å². The molecule has 0 aromatic carbocycles. The molecule has 172 valence electrons. The van der Waals surface area contributed by atoms with Crippen molar-refractivity contribution in [2.75, 3.05) is 13.2 Å². The van der Waals surface area contributed by atoms with Crippen LogP contribution < -0.4 is 0 Å². The van der Waals surface area contributed by atoms with Crippen LogP contribution in [0.2, 0.25) is 0 Å². The normalized spacial score (nSPS) is 42.1. The zero-order chi connectivity index (χ0) is 22.6. The highest BCUT2D eigenvalue weighted by molar-refractivity contribution is 5.91. The molecule has 14 nitrogen and oxygen atoms in total. The monoisotopic (exact) mass is 440 g/mol. The van der Waals surface area contributed by atoms with Gasteiger partial charge < -0.3 is 59.8 Å². The zero-order valence-electron chi connectivity index (χ0n) is 15.4. The van der Waals surface area contributed by atoms with E-state index in [4.69, 9.17) is 18.9 Å². The van der Waals surface area contributed by atoms with E-state index in [1.54, 1.807) is 0 Å². The predicted molar refractivity (Wildman–Crippen MR) is 88.9 cm³/mol. The number of hydrogen-bond donors (Lipinski definition) is 8. The minimum Gasteiger partial charge on any atom is -0.460 e. The topological polar surface area (TPSA) is 233 Å². The maximum Gasteiger partial charge on any atom is 0.331 e. The van der Waals surface area contributed by atoms with Gasteiger partial charge in [-0.3, -0.25) is 0 Å². The molecule has 14 heteroatoms. The van der Waals surface area contributed by atoms with Crippen LogP contribution in [0.5, 0.6) is 0 Å². The quantitative estimate of drug-likeness (QED) is 0.142. The first-order valence-corrected chi connectivity index (χ1v) is 8.80. The lowest BCUT2D eigenvalue weighted by Crippen LogP contribution is -2.58. The minimum atomic E-state index is -1.80. The summed E-state index contributed by atoms with van der Waals surface area (Å²) in [6, 6.07) is 0. The van der Waals surface area contributed by atoms with Crippen molar-refractivity contribution < 1.29 is 69.4 Å². The van der Waals surface area contributed by atoms with Gasteiger partial charge in [-0.2, -0.15) is 0 Å². The second-order valence-corrected chi connectivity index (χ2v) is 6.67. The maximum absolute atomic E-state index is 11.6. The van der Waals surface area contributed by atoms with Crippen molar-refractivity contribution in [3.63, 3.8) is 0 Å². The van der Waals surface area contributed by atoms with Gasteiger partial charge in [0, 0.05) is 12.2 Å². The van der Waals surface area contributed by atoms with Gasteiger partial charge in [0.2, 0.25) is 0 Å². The summed E-state index contributed by atoms with van der Waals surface area (Å²) in [4.78, 5) is 23.2. The lowest BCUT2D eigenvalue weighted by molar-refractivity contribution is -0.287. The molecule has 0 aliphatic carbocycles. The molecule has 2 aliphatic heterocycles. The molecule has 8 N–H and O–H groups in total. The number of carbonyl (C=O) groups is 2. The molecule has 2 unspecified atom stereocenters. The number of carbonyl (C=O) groups excluding carboxylic acids is 2. The van der Waals surface area contributed by atoms with Crippen LogP contribution in [0.1, 0.15) is 0 Å². The Bertz CT molecular complexity index is 573. The van der Waals surface area contributed by atoms with Gasteiger partial charge in [-0.25, -0.2) is 9.59 Å². The van der Waals surface area contributed by atoms with Crippen LogP contribution in [0.3, 0.4) is 0 Å². The van der Waals surface area contributed by atoms with Crippen molar-refractivity contribution in [2.45, 2.75) is 61.4 Å². The summed E-state index contributed by atoms with van der Waals surface area (Å²) in [5.74, 6) is -2.14. The lowest BCUT2D eigenvalue weighted by atomic mass is 9.99. The van der Waals surface area contributed by atoms with Crippen LogP contribution in [0.15, 0.2) is 12.2 Å². The van der Waals surface area contributed by atoms with E-state index in [2.05, 4.69) is 0 Å². The standard InChI is InChI=1S/C16H24O14/c17-7(27-3-5-9(19)11(21)13(23)15(25)29-5)1-2-8(18)28-4-6-10(20)12(22)14(24)16(26)30-6/h1-2,5-6,9-16,19-26H,3-4H2/b2-1+/t5?,6?,9-,10-,11+,12+,13-,14-,15+,16+/m1/s1. The Morgan fingerprint density at radius 2 is 0.933 bits per heavy atom. The molecule has 2 aliphatic rings. The fraction of sp³-hybridized carbons (Fsp3) is 0.750. The zero-order valence-corrected chi connectivity index (χ0v) is 15.4. The molecule has 2 saturated heterocycles. The molecule has 0 aromatic rings. The third-order valence-corrected chi connectivity index (χ3v) is 4.51. The average molecular weight is 440 g/mol. The Kier molecular flexibility index (Phi) is 8.62. The molecule has 0 saturated carbocycles. The van der Waals surface area contributed by atoms with E-state index >= 15 is 0 Å². The summed E-state index contributed by atoms with van der Waals surface area (Å²) in [6.45, 7) is -1.22. The van der Waals surface area contributed by atoms with Crippen molar-refractivity contribution in [1.82, 2.24) is 0 Å². The summed E-state index contributed by atoms with van der Waals surface area (Å²) < 4.78 is 19.0. The summed E-state index contributed by atoms with van der Waals surface area (Å²) in [5.41, 5.74) is 0. The van der Waals surface area contributed by atoms with Crippen LogP contribution in [0, 0.1) is 0 Å². The van der Waals surface area contributed by atoms with Crippen molar-refractivity contribution >= 4 is 11.9 Å². The fourth-order valence-corrected chi connectivity index (χ4v) is 2.70. The van der Waals surface area contributed by atoms with Crippen molar-refractivity contribution in [3.8, 4) is 0 Å². The van der Waals surface area contributed by atoms with Gasteiger partial charge in [0.25, 0.3) is 0 Å². The van der Waals surface area contributed by atoms with E-state index in [-0.39, 0.29) is 0 Å². The molecule has 10 atom stereocenters. The Balaban J connectivity index is 1.75. The number of esters is 2. The van der Waals surface area contributed by atoms with Crippen molar-refractivity contribution in [3.05, 3.63) is 12.2 Å². The molecular weight excluding hydrogens is 416 g/mol. The van der Waals surface area contributed by atoms with E-state index < -0.39 is 86.6 Å². The first kappa shape index (κ1) is 24.5. The molecule has 0 aromatic heterocycles. The number of rotatable bonds is 6. The Morgan fingerprint density at radius 3 is 1.27 bits per heavy atom. The van der Waals surface area contributed by atoms with E-state index in [1.807, 2.05) is 0 Å². The van der Waals surface area contributed by atoms with Gasteiger partial charge in [0.05, 0.1) is 0 Å². The molecule has 2 fully saturated rings. The molecule has 30 heavy (non-hydrogen) atoms. The van der Waals surface area contributed by atoms with Gasteiger partial charge >= 0.3 is 11.9 Å². The Labute approximate surface area is 169 Å². The van der Waals surface area contributed by atoms with Crippen molar-refractivity contribution in [2.24, 2.45) is 0 Å². The highest BCUT2D eigenvalue weighted by atomic mass is 16.7. The maximum atomic E-state index is 11.6. The largest absolute Gasteiger partial charge is 0.460 e. The summed E-state index contributed by atoms with van der Waals surface area (Å²) >= 11 is 0. The third-order valence-electron chi connectivity index (χ3n) is 4.51. The summed E-state index contributed by atoms with van der Waals surface area (Å²) in [6.07, 6.45) is -15.2.